The average molecular weight is 448 g/mol. The maximum Gasteiger partial charge on any atom is 0.282 e. The Morgan fingerprint density at radius 1 is 0.879 bits per heavy atom. The maximum atomic E-state index is 13.7. The van der Waals surface area contributed by atoms with Gasteiger partial charge in [-0.25, -0.2) is 4.90 Å². The molecule has 33 heavy (non-hydrogen) atoms. The van der Waals surface area contributed by atoms with Crippen molar-refractivity contribution in [1.82, 2.24) is 9.80 Å². The van der Waals surface area contributed by atoms with Crippen LogP contribution in [0.2, 0.25) is 0 Å². The first-order chi connectivity index (χ1) is 15.8. The Hall–Kier alpha value is -3.12. The highest BCUT2D eigenvalue weighted by Gasteiger charge is 2.43. The monoisotopic (exact) mass is 447 g/mol. The molecule has 2 amide bonds. The second-order valence-electron chi connectivity index (χ2n) is 9.46. The molecule has 2 aliphatic rings. The number of carbonyl (C=O) groups excluding carboxylic acids is 2. The molecule has 2 aromatic rings. The van der Waals surface area contributed by atoms with Gasteiger partial charge < -0.3 is 14.5 Å². The van der Waals surface area contributed by atoms with Crippen molar-refractivity contribution in [2.75, 3.05) is 44.7 Å². The van der Waals surface area contributed by atoms with Crippen LogP contribution in [-0.4, -0.2) is 61.4 Å². The molecule has 4 rings (SSSR count). The lowest BCUT2D eigenvalue weighted by molar-refractivity contribution is -0.120. The first-order valence-corrected chi connectivity index (χ1v) is 11.6. The smallest absolute Gasteiger partial charge is 0.282 e. The van der Waals surface area contributed by atoms with Crippen molar-refractivity contribution in [3.8, 4) is 5.75 Å². The molecule has 6 nitrogen and oxygen atoms in total. The van der Waals surface area contributed by atoms with E-state index < -0.39 is 0 Å². The van der Waals surface area contributed by atoms with E-state index in [1.165, 1.54) is 4.90 Å². The fraction of sp³-hybridized carbons (Fsp3) is 0.407. The molecule has 6 heteroatoms. The van der Waals surface area contributed by atoms with Crippen LogP contribution in [-0.2, 0) is 9.59 Å². The molecule has 174 valence electrons. The van der Waals surface area contributed by atoms with Gasteiger partial charge in [0.25, 0.3) is 11.8 Å². The maximum absolute atomic E-state index is 13.7. The summed E-state index contributed by atoms with van der Waals surface area (Å²) in [7, 11) is 2.07. The molecule has 1 saturated heterocycles. The van der Waals surface area contributed by atoms with Gasteiger partial charge in [0.1, 0.15) is 11.4 Å². The SMILES string of the molecule is Cc1ccc(N2C(=O)C(c3ccc(OCC(C)C)cc3)=C(N3CCN(C)CC3)C2=O)cc1C. The zero-order valence-corrected chi connectivity index (χ0v) is 20.2. The molecule has 0 bridgehead atoms. The van der Waals surface area contributed by atoms with E-state index in [1.54, 1.807) is 0 Å². The Kier molecular flexibility index (Phi) is 6.56. The molecule has 2 heterocycles. The lowest BCUT2D eigenvalue weighted by atomic mass is 10.0. The largest absolute Gasteiger partial charge is 0.493 e. The molecule has 0 spiro atoms. The van der Waals surface area contributed by atoms with Crippen LogP contribution in [0.1, 0.15) is 30.5 Å². The van der Waals surface area contributed by atoms with E-state index in [1.807, 2.05) is 56.3 Å². The van der Waals surface area contributed by atoms with Gasteiger partial charge in [0.2, 0.25) is 0 Å². The fourth-order valence-electron chi connectivity index (χ4n) is 4.18. The molecule has 0 atom stereocenters. The van der Waals surface area contributed by atoms with Crippen molar-refractivity contribution < 1.29 is 14.3 Å². The second kappa shape index (κ2) is 9.40. The van der Waals surface area contributed by atoms with E-state index in [9.17, 15) is 9.59 Å². The van der Waals surface area contributed by atoms with Crippen LogP contribution in [0.3, 0.4) is 0 Å². The Morgan fingerprint density at radius 2 is 1.55 bits per heavy atom. The van der Waals surface area contributed by atoms with Gasteiger partial charge in [-0.15, -0.1) is 0 Å². The van der Waals surface area contributed by atoms with Crippen molar-refractivity contribution in [2.24, 2.45) is 5.92 Å². The number of likely N-dealkylation sites (N-methyl/N-ethyl adjacent to an activating group) is 1. The van der Waals surface area contributed by atoms with Crippen molar-refractivity contribution >= 4 is 23.1 Å². The predicted octanol–water partition coefficient (Wildman–Crippen LogP) is 3.87. The first-order valence-electron chi connectivity index (χ1n) is 11.6. The molecule has 0 aliphatic carbocycles. The number of nitrogens with zero attached hydrogens (tertiary/aromatic N) is 3. The van der Waals surface area contributed by atoms with Gasteiger partial charge in [-0.2, -0.15) is 0 Å². The zero-order chi connectivity index (χ0) is 23.7. The van der Waals surface area contributed by atoms with E-state index in [0.29, 0.717) is 42.6 Å². The highest BCUT2D eigenvalue weighted by Crippen LogP contribution is 2.36. The third-order valence-corrected chi connectivity index (χ3v) is 6.35. The van der Waals surface area contributed by atoms with Gasteiger partial charge in [-0.3, -0.25) is 9.59 Å². The van der Waals surface area contributed by atoms with Gasteiger partial charge in [-0.05, 0) is 67.8 Å². The number of anilines is 1. The molecule has 0 N–H and O–H groups in total. The number of hydrogen-bond acceptors (Lipinski definition) is 5. The summed E-state index contributed by atoms with van der Waals surface area (Å²) in [6.45, 7) is 12.0. The number of rotatable bonds is 6. The van der Waals surface area contributed by atoms with Gasteiger partial charge in [0, 0.05) is 26.2 Å². The minimum atomic E-state index is -0.270. The zero-order valence-electron chi connectivity index (χ0n) is 20.2. The standard InChI is InChI=1S/C27H33N3O3/c1-18(2)17-33-23-10-7-21(8-11-23)24-25(29-14-12-28(5)13-15-29)27(32)30(26(24)31)22-9-6-19(3)20(4)16-22/h6-11,16,18H,12-15,17H2,1-5H3. The summed E-state index contributed by atoms with van der Waals surface area (Å²) in [4.78, 5) is 33.0. The summed E-state index contributed by atoms with van der Waals surface area (Å²) in [6, 6.07) is 13.3. The van der Waals surface area contributed by atoms with Gasteiger partial charge in [-0.1, -0.05) is 32.0 Å². The summed E-state index contributed by atoms with van der Waals surface area (Å²) in [5, 5.41) is 0. The Balaban J connectivity index is 1.73. The van der Waals surface area contributed by atoms with Gasteiger partial charge in [0.05, 0.1) is 17.9 Å². The van der Waals surface area contributed by atoms with Gasteiger partial charge in [0.15, 0.2) is 0 Å². The van der Waals surface area contributed by atoms with Crippen LogP contribution < -0.4 is 9.64 Å². The Morgan fingerprint density at radius 3 is 2.15 bits per heavy atom. The number of ether oxygens (including phenoxy) is 1. The van der Waals surface area contributed by atoms with E-state index >= 15 is 0 Å². The molecule has 2 aliphatic heterocycles. The second-order valence-corrected chi connectivity index (χ2v) is 9.46. The lowest BCUT2D eigenvalue weighted by Crippen LogP contribution is -2.46. The quantitative estimate of drug-likeness (QED) is 0.630. The molecular formula is C27H33N3O3. The minimum Gasteiger partial charge on any atom is -0.493 e. The van der Waals surface area contributed by atoms with Crippen molar-refractivity contribution in [3.05, 3.63) is 64.9 Å². The minimum absolute atomic E-state index is 0.247. The van der Waals surface area contributed by atoms with Crippen LogP contribution >= 0.6 is 0 Å². The highest BCUT2D eigenvalue weighted by molar-refractivity contribution is 6.45. The van der Waals surface area contributed by atoms with Crippen molar-refractivity contribution in [1.29, 1.82) is 0 Å². The highest BCUT2D eigenvalue weighted by atomic mass is 16.5. The number of piperazine rings is 1. The number of carbonyl (C=O) groups is 2. The van der Waals surface area contributed by atoms with Crippen molar-refractivity contribution in [2.45, 2.75) is 27.7 Å². The van der Waals surface area contributed by atoms with Crippen LogP contribution in [0, 0.1) is 19.8 Å². The molecule has 0 unspecified atom stereocenters. The van der Waals surface area contributed by atoms with Crippen molar-refractivity contribution in [3.63, 3.8) is 0 Å². The summed E-state index contributed by atoms with van der Waals surface area (Å²) in [6.07, 6.45) is 0. The Labute approximate surface area is 196 Å². The van der Waals surface area contributed by atoms with Crippen LogP contribution in [0.4, 0.5) is 5.69 Å². The summed E-state index contributed by atoms with van der Waals surface area (Å²) < 4.78 is 5.81. The number of aryl methyl sites for hydroxylation is 2. The third kappa shape index (κ3) is 4.67. The van der Waals surface area contributed by atoms with E-state index in [2.05, 4.69) is 30.7 Å². The summed E-state index contributed by atoms with van der Waals surface area (Å²) in [5.41, 5.74) is 4.51. The van der Waals surface area contributed by atoms with E-state index in [4.69, 9.17) is 4.74 Å². The fourth-order valence-corrected chi connectivity index (χ4v) is 4.18. The molecule has 1 fully saturated rings. The number of benzene rings is 2. The van der Waals surface area contributed by atoms with Crippen LogP contribution in [0.5, 0.6) is 5.75 Å². The molecule has 0 radical (unpaired) electrons. The van der Waals surface area contributed by atoms with Gasteiger partial charge >= 0.3 is 0 Å². The molecule has 2 aromatic carbocycles. The summed E-state index contributed by atoms with van der Waals surface area (Å²) >= 11 is 0. The first kappa shape index (κ1) is 23.1. The molecule has 0 saturated carbocycles. The number of amides is 2. The Bertz CT molecular complexity index is 1080. The number of hydrogen-bond donors (Lipinski definition) is 0. The lowest BCUT2D eigenvalue weighted by Gasteiger charge is -2.34. The van der Waals surface area contributed by atoms with Crippen LogP contribution in [0.15, 0.2) is 48.2 Å². The predicted molar refractivity (Wildman–Crippen MR) is 131 cm³/mol. The van der Waals surface area contributed by atoms with E-state index in [-0.39, 0.29) is 11.8 Å². The molecular weight excluding hydrogens is 414 g/mol. The topological polar surface area (TPSA) is 53.1 Å². The average Bonchev–Trinajstić information content (AvgIpc) is 3.05. The van der Waals surface area contributed by atoms with Crippen LogP contribution in [0.25, 0.3) is 5.57 Å². The molecule has 0 aromatic heterocycles. The summed E-state index contributed by atoms with van der Waals surface area (Å²) in [5.74, 6) is 0.671. The third-order valence-electron chi connectivity index (χ3n) is 6.35. The number of imide groups is 1. The normalized spacial score (nSPS) is 17.5. The van der Waals surface area contributed by atoms with E-state index in [0.717, 1.165) is 35.5 Å².